The lowest BCUT2D eigenvalue weighted by molar-refractivity contribution is 0.324. The van der Waals surface area contributed by atoms with E-state index in [1.807, 2.05) is 0 Å². The maximum absolute atomic E-state index is 11.4. The van der Waals surface area contributed by atoms with E-state index in [4.69, 9.17) is 14.2 Å². The zero-order chi connectivity index (χ0) is 12.6. The second-order valence-electron chi connectivity index (χ2n) is 3.74. The SMILES string of the molecule is COc1cc(-c2c(C)c2=O)cc(OC)c1OC. The molecule has 0 saturated carbocycles. The van der Waals surface area contributed by atoms with Gasteiger partial charge in [-0.1, -0.05) is 0 Å². The number of rotatable bonds is 4. The molecular formula is C13H14O4. The summed E-state index contributed by atoms with van der Waals surface area (Å²) in [4.78, 5) is 11.4. The fourth-order valence-corrected chi connectivity index (χ4v) is 1.83. The highest BCUT2D eigenvalue weighted by Crippen LogP contribution is 2.41. The van der Waals surface area contributed by atoms with Gasteiger partial charge in [0.25, 0.3) is 0 Å². The molecule has 0 amide bonds. The molecule has 0 fully saturated rings. The highest BCUT2D eigenvalue weighted by Gasteiger charge is 2.22. The van der Waals surface area contributed by atoms with Gasteiger partial charge in [0.15, 0.2) is 16.9 Å². The summed E-state index contributed by atoms with van der Waals surface area (Å²) in [5.41, 5.74) is 2.43. The first-order valence-corrected chi connectivity index (χ1v) is 5.20. The molecule has 0 aliphatic carbocycles. The molecule has 2 rings (SSSR count). The molecule has 90 valence electrons. The molecule has 0 unspecified atom stereocenters. The van der Waals surface area contributed by atoms with Gasteiger partial charge < -0.3 is 14.2 Å². The lowest BCUT2D eigenvalue weighted by Gasteiger charge is -2.12. The normalized spacial score (nSPS) is 10.6. The Hall–Kier alpha value is -1.97. The van der Waals surface area contributed by atoms with E-state index in [0.717, 1.165) is 16.7 Å². The molecule has 17 heavy (non-hydrogen) atoms. The Morgan fingerprint density at radius 2 is 1.41 bits per heavy atom. The van der Waals surface area contributed by atoms with Gasteiger partial charge in [-0.05, 0) is 24.6 Å². The van der Waals surface area contributed by atoms with Crippen molar-refractivity contribution in [3.63, 3.8) is 0 Å². The highest BCUT2D eigenvalue weighted by molar-refractivity contribution is 5.79. The Kier molecular flexibility index (Phi) is 2.79. The van der Waals surface area contributed by atoms with Crippen molar-refractivity contribution in [1.29, 1.82) is 0 Å². The maximum atomic E-state index is 11.4. The summed E-state index contributed by atoms with van der Waals surface area (Å²) >= 11 is 0. The van der Waals surface area contributed by atoms with Gasteiger partial charge >= 0.3 is 0 Å². The van der Waals surface area contributed by atoms with Crippen molar-refractivity contribution < 1.29 is 14.2 Å². The van der Waals surface area contributed by atoms with Crippen LogP contribution in [0, 0.1) is 6.92 Å². The third-order valence-electron chi connectivity index (χ3n) is 2.83. The average Bonchev–Trinajstić information content (AvgIpc) is 2.95. The maximum Gasteiger partial charge on any atom is 0.203 e. The van der Waals surface area contributed by atoms with E-state index in [-0.39, 0.29) is 5.43 Å². The van der Waals surface area contributed by atoms with Crippen molar-refractivity contribution >= 4 is 0 Å². The summed E-state index contributed by atoms with van der Waals surface area (Å²) in [6.45, 7) is 1.81. The smallest absolute Gasteiger partial charge is 0.203 e. The Morgan fingerprint density at radius 3 is 1.71 bits per heavy atom. The zero-order valence-corrected chi connectivity index (χ0v) is 10.3. The monoisotopic (exact) mass is 234 g/mol. The summed E-state index contributed by atoms with van der Waals surface area (Å²) in [5, 5.41) is 0. The van der Waals surface area contributed by atoms with Crippen molar-refractivity contribution in [2.24, 2.45) is 0 Å². The van der Waals surface area contributed by atoms with Crippen LogP contribution >= 0.6 is 0 Å². The van der Waals surface area contributed by atoms with Gasteiger partial charge in [-0.25, -0.2) is 0 Å². The van der Waals surface area contributed by atoms with E-state index in [0.29, 0.717) is 17.2 Å². The first-order valence-electron chi connectivity index (χ1n) is 5.20. The van der Waals surface area contributed by atoms with Crippen LogP contribution in [-0.2, 0) is 0 Å². The van der Waals surface area contributed by atoms with Crippen LogP contribution in [0.5, 0.6) is 17.2 Å². The Balaban J connectivity index is 2.57. The van der Waals surface area contributed by atoms with E-state index in [1.165, 1.54) is 0 Å². The molecule has 0 atom stereocenters. The van der Waals surface area contributed by atoms with Crippen LogP contribution in [0.15, 0.2) is 16.9 Å². The van der Waals surface area contributed by atoms with Crippen LogP contribution < -0.4 is 19.6 Å². The molecule has 0 N–H and O–H groups in total. The first-order chi connectivity index (χ1) is 8.13. The predicted molar refractivity (Wildman–Crippen MR) is 64.9 cm³/mol. The van der Waals surface area contributed by atoms with E-state index < -0.39 is 0 Å². The number of methoxy groups -OCH3 is 3. The molecule has 0 bridgehead atoms. The van der Waals surface area contributed by atoms with Gasteiger partial charge in [0, 0.05) is 11.1 Å². The van der Waals surface area contributed by atoms with Crippen LogP contribution in [0.2, 0.25) is 0 Å². The molecule has 0 radical (unpaired) electrons. The molecule has 2 aromatic carbocycles. The molecule has 0 aliphatic heterocycles. The zero-order valence-electron chi connectivity index (χ0n) is 10.3. The molecular weight excluding hydrogens is 220 g/mol. The van der Waals surface area contributed by atoms with Crippen LogP contribution in [0.1, 0.15) is 5.56 Å². The minimum Gasteiger partial charge on any atom is -0.493 e. The van der Waals surface area contributed by atoms with Crippen molar-refractivity contribution in [2.45, 2.75) is 6.92 Å². The summed E-state index contributed by atoms with van der Waals surface area (Å²) in [6.07, 6.45) is 0. The average molecular weight is 234 g/mol. The number of ether oxygens (including phenoxy) is 3. The van der Waals surface area contributed by atoms with Gasteiger partial charge in [0.2, 0.25) is 5.75 Å². The van der Waals surface area contributed by atoms with Crippen LogP contribution in [-0.4, -0.2) is 21.3 Å². The molecule has 0 aliphatic rings. The van der Waals surface area contributed by atoms with E-state index in [2.05, 4.69) is 0 Å². The predicted octanol–water partition coefficient (Wildman–Crippen LogP) is 1.92. The highest BCUT2D eigenvalue weighted by atomic mass is 16.5. The molecule has 0 saturated heterocycles. The lowest BCUT2D eigenvalue weighted by atomic mass is 10.1. The quantitative estimate of drug-likeness (QED) is 0.810. The summed E-state index contributed by atoms with van der Waals surface area (Å²) in [6, 6.07) is 3.57. The molecule has 2 aromatic rings. The fraction of sp³-hybridized carbons (Fsp3) is 0.308. The molecule has 0 heterocycles. The lowest BCUT2D eigenvalue weighted by Crippen LogP contribution is -1.95. The third-order valence-corrected chi connectivity index (χ3v) is 2.83. The van der Waals surface area contributed by atoms with Crippen molar-refractivity contribution in [3.05, 3.63) is 27.9 Å². The largest absolute Gasteiger partial charge is 0.493 e. The van der Waals surface area contributed by atoms with Crippen molar-refractivity contribution in [3.8, 4) is 28.4 Å². The molecule has 0 spiro atoms. The second-order valence-corrected chi connectivity index (χ2v) is 3.74. The van der Waals surface area contributed by atoms with E-state index in [9.17, 15) is 4.79 Å². The second kappa shape index (κ2) is 4.13. The van der Waals surface area contributed by atoms with Crippen molar-refractivity contribution in [2.75, 3.05) is 21.3 Å². The van der Waals surface area contributed by atoms with Gasteiger partial charge in [-0.2, -0.15) is 0 Å². The standard InChI is InChI=1S/C13H14O4/c1-7-11(12(7)14)8-5-9(15-2)13(17-4)10(6-8)16-3/h5-6H,1-4H3. The van der Waals surface area contributed by atoms with Crippen LogP contribution in [0.25, 0.3) is 11.1 Å². The van der Waals surface area contributed by atoms with Crippen molar-refractivity contribution in [1.82, 2.24) is 0 Å². The van der Waals surface area contributed by atoms with Gasteiger partial charge in [-0.3, -0.25) is 4.79 Å². The Labute approximate surface area is 99.4 Å². The first kappa shape index (κ1) is 11.5. The summed E-state index contributed by atoms with van der Waals surface area (Å²) in [7, 11) is 4.65. The minimum atomic E-state index is 0.0965. The van der Waals surface area contributed by atoms with Gasteiger partial charge in [0.05, 0.1) is 21.3 Å². The third kappa shape index (κ3) is 1.75. The topological polar surface area (TPSA) is 44.8 Å². The summed E-state index contributed by atoms with van der Waals surface area (Å²) in [5.74, 6) is 1.65. The van der Waals surface area contributed by atoms with Gasteiger partial charge in [0.1, 0.15) is 0 Å². The Morgan fingerprint density at radius 1 is 0.941 bits per heavy atom. The van der Waals surface area contributed by atoms with E-state index in [1.54, 1.807) is 40.4 Å². The molecule has 4 nitrogen and oxygen atoms in total. The number of hydrogen-bond donors (Lipinski definition) is 0. The Bertz CT molecular complexity index is 537. The van der Waals surface area contributed by atoms with E-state index >= 15 is 0 Å². The number of benzene rings is 1. The van der Waals surface area contributed by atoms with Crippen LogP contribution in [0.3, 0.4) is 0 Å². The molecule has 0 aromatic heterocycles. The van der Waals surface area contributed by atoms with Gasteiger partial charge in [-0.15, -0.1) is 0 Å². The fourth-order valence-electron chi connectivity index (χ4n) is 1.83. The summed E-state index contributed by atoms with van der Waals surface area (Å²) < 4.78 is 15.7. The minimum absolute atomic E-state index is 0.0965. The number of hydrogen-bond acceptors (Lipinski definition) is 4. The molecule has 4 heteroatoms. The van der Waals surface area contributed by atoms with Crippen LogP contribution in [0.4, 0.5) is 0 Å².